The van der Waals surface area contributed by atoms with Gasteiger partial charge >= 0.3 is 41.0 Å². The Bertz CT molecular complexity index is 99.7. The van der Waals surface area contributed by atoms with E-state index < -0.39 is 10.4 Å². The molecule has 66 valence electrons. The molecule has 0 atom stereocenters. The molecule has 0 radical (unpaired) electrons. The van der Waals surface area contributed by atoms with E-state index in [-0.39, 0.29) is 0 Å². The van der Waals surface area contributed by atoms with Crippen molar-refractivity contribution < 1.29 is 58.5 Å². The Morgan fingerprint density at radius 2 is 1.00 bits per heavy atom. The van der Waals surface area contributed by atoms with E-state index in [4.69, 9.17) is 17.5 Å². The van der Waals surface area contributed by atoms with Crippen LogP contribution in [0.1, 0.15) is 0 Å². The van der Waals surface area contributed by atoms with Crippen LogP contribution in [-0.4, -0.2) is 17.5 Å². The predicted molar refractivity (Wildman–Crippen MR) is 16.3 cm³/mol. The van der Waals surface area contributed by atoms with Gasteiger partial charge < -0.3 is 9.11 Å². The van der Waals surface area contributed by atoms with Crippen molar-refractivity contribution in [2.75, 3.05) is 0 Å². The van der Waals surface area contributed by atoms with Crippen molar-refractivity contribution in [1.82, 2.24) is 0 Å². The zero-order valence-electron chi connectivity index (χ0n) is 4.09. The Morgan fingerprint density at radius 3 is 1.00 bits per heavy atom. The Kier molecular flexibility index (Phi) is 21.1. The first-order valence-electron chi connectivity index (χ1n) is 1.11. The third-order valence-electron chi connectivity index (χ3n) is 0. The number of rotatable bonds is 0. The van der Waals surface area contributed by atoms with Crippen LogP contribution in [0.4, 0.5) is 0 Å². The fourth-order valence-electron chi connectivity index (χ4n) is 0. The second-order valence-corrected chi connectivity index (χ2v) is 1.22. The molecule has 0 unspecified atom stereocenters. The molecule has 0 aromatic rings. The molecule has 0 fully saturated rings. The summed E-state index contributed by atoms with van der Waals surface area (Å²) < 4.78 is 34.1. The summed E-state index contributed by atoms with van der Waals surface area (Å²) in [6.07, 6.45) is 0. The van der Waals surface area contributed by atoms with Crippen LogP contribution < -0.4 is 9.63 Å². The Hall–Kier alpha value is 0.777. The van der Waals surface area contributed by atoms with Crippen LogP contribution in [0.5, 0.6) is 0 Å². The van der Waals surface area contributed by atoms with E-state index in [9.17, 15) is 0 Å². The molecular formula is H6N2Ni2O4S. The summed E-state index contributed by atoms with van der Waals surface area (Å²) in [5, 5.41) is 0. The van der Waals surface area contributed by atoms with E-state index >= 15 is 0 Å². The van der Waals surface area contributed by atoms with Gasteiger partial charge in [-0.15, -0.1) is 0 Å². The van der Waals surface area contributed by atoms with Crippen molar-refractivity contribution >= 4 is 10.4 Å². The van der Waals surface area contributed by atoms with Crippen LogP contribution in [0.2, 0.25) is 0 Å². The van der Waals surface area contributed by atoms with Crippen LogP contribution in [0, 0.1) is 0 Å². The van der Waals surface area contributed by atoms with Crippen molar-refractivity contribution in [2.45, 2.75) is 0 Å². The fourth-order valence-corrected chi connectivity index (χ4v) is 0. The molecule has 0 saturated heterocycles. The van der Waals surface area contributed by atoms with Gasteiger partial charge in [-0.25, -0.2) is 0 Å². The van der Waals surface area contributed by atoms with Gasteiger partial charge in [-0.1, -0.05) is 0 Å². The van der Waals surface area contributed by atoms with E-state index in [1.807, 2.05) is 0 Å². The first-order chi connectivity index (χ1) is 4.00. The van der Waals surface area contributed by atoms with Gasteiger partial charge in [-0.2, -0.15) is 0 Å². The molecule has 9 heavy (non-hydrogen) atoms. The zero-order valence-corrected chi connectivity index (χ0v) is 6.88. The standard InChI is InChI=1S/2H3N.2Ni.H2O4S/c;;;;1-5(2,3)4/h2*1H3;;;(H2,1,2,3,4)/q;;2*+1;/p-2. The third-order valence-corrected chi connectivity index (χ3v) is 0. The quantitative estimate of drug-likeness (QED) is 0.256. The summed E-state index contributed by atoms with van der Waals surface area (Å²) in [5.41, 5.74) is 0. The van der Waals surface area contributed by atoms with Gasteiger partial charge in [0.05, 0.1) is 0 Å². The Morgan fingerprint density at radius 1 is 1.00 bits per heavy atom. The number of hydrogen-bond donors (Lipinski definition) is 2. The van der Waals surface area contributed by atoms with Crippen LogP contribution >= 0.6 is 0 Å². The van der Waals surface area contributed by atoms with Gasteiger partial charge in [-0.3, -0.25) is 8.42 Å². The second kappa shape index (κ2) is 11.6. The van der Waals surface area contributed by atoms with Gasteiger partial charge in [0.15, 0.2) is 0 Å². The van der Waals surface area contributed by atoms with Crippen LogP contribution in [0.15, 0.2) is 0 Å². The molecule has 0 aliphatic carbocycles. The minimum absolute atomic E-state index is 2.88. The molecule has 6 nitrogen and oxygen atoms in total. The monoisotopic (exact) mass is 246 g/mol. The average Bonchev–Trinajstić information content (AvgIpc) is 1.72. The van der Waals surface area contributed by atoms with Gasteiger partial charge in [0, 0.05) is 10.4 Å². The second-order valence-electron chi connectivity index (χ2n) is 0.408. The molecule has 0 heterocycles. The van der Waals surface area contributed by atoms with E-state index in [0.717, 1.165) is 0 Å². The summed E-state index contributed by atoms with van der Waals surface area (Å²) in [7, 11) is -5.17. The summed E-state index contributed by atoms with van der Waals surface area (Å²) in [6.45, 7) is 0. The van der Waals surface area contributed by atoms with Crippen LogP contribution in [0.25, 0.3) is 0 Å². The predicted octanol–water partition coefficient (Wildman–Crippen LogP) is -3.96. The van der Waals surface area contributed by atoms with E-state index in [0.29, 0.717) is 0 Å². The van der Waals surface area contributed by atoms with Crippen molar-refractivity contribution in [1.29, 1.82) is 0 Å². The number of quaternary nitrogens is 2. The topological polar surface area (TPSA) is 136 Å². The summed E-state index contributed by atoms with van der Waals surface area (Å²) in [6, 6.07) is 0. The van der Waals surface area contributed by atoms with Crippen molar-refractivity contribution in [3.63, 3.8) is 0 Å². The van der Waals surface area contributed by atoms with Crippen molar-refractivity contribution in [3.8, 4) is 0 Å². The molecule has 0 amide bonds. The summed E-state index contributed by atoms with van der Waals surface area (Å²) in [4.78, 5) is 5.75. The molecular weight excluding hydrogens is 241 g/mol. The molecule has 9 heteroatoms. The summed E-state index contributed by atoms with van der Waals surface area (Å²) >= 11 is 7.25. The maximum absolute atomic E-state index is 8.52. The Balaban J connectivity index is -0.0000000771. The summed E-state index contributed by atoms with van der Waals surface area (Å²) in [5.74, 6) is 0. The number of hydrogen-bond acceptors (Lipinski definition) is 4. The first-order valence-corrected chi connectivity index (χ1v) is 3.84. The third kappa shape index (κ3) is 668. The molecule has 0 saturated carbocycles. The zero-order chi connectivity index (χ0) is 8.50. The molecule has 0 aliphatic rings. The van der Waals surface area contributed by atoms with Gasteiger partial charge in [0.25, 0.3) is 0 Å². The van der Waals surface area contributed by atoms with Gasteiger partial charge in [0.2, 0.25) is 0 Å². The first kappa shape index (κ1) is 16.4. The van der Waals surface area contributed by atoms with E-state index in [1.54, 1.807) is 0 Å². The molecule has 0 aliphatic heterocycles. The van der Waals surface area contributed by atoms with Crippen molar-refractivity contribution in [3.05, 3.63) is 0 Å². The minimum atomic E-state index is -5.17. The van der Waals surface area contributed by atoms with E-state index in [1.165, 1.54) is 0 Å². The molecule has 0 rings (SSSR count). The van der Waals surface area contributed by atoms with Crippen LogP contribution in [-0.2, 0) is 41.8 Å². The fraction of sp³-hybridized carbons (Fsp3) is 0. The average molecular weight is 248 g/mol. The van der Waals surface area contributed by atoms with Crippen molar-refractivity contribution in [2.24, 2.45) is 0 Å². The normalized spacial score (nSPS) is 8.00. The molecule has 6 N–H and O–H groups in total. The van der Waals surface area contributed by atoms with Crippen LogP contribution in [0.3, 0.4) is 0 Å². The molecule has 0 aromatic carbocycles. The Labute approximate surface area is 69.1 Å². The molecule has 0 bridgehead atoms. The molecule has 0 spiro atoms. The molecule has 0 aromatic heterocycles. The van der Waals surface area contributed by atoms with Gasteiger partial charge in [0.1, 0.15) is 0 Å². The van der Waals surface area contributed by atoms with E-state index in [2.05, 4.69) is 41.0 Å². The maximum atomic E-state index is 8.52. The van der Waals surface area contributed by atoms with Gasteiger partial charge in [-0.05, 0) is 0 Å². The SMILES string of the molecule is O=S(=O)([O-])[O-].[NH3+][Ni].[NH3+][Ni].